The maximum atomic E-state index is 5.25. The van der Waals surface area contributed by atoms with E-state index in [4.69, 9.17) is 4.74 Å². The minimum absolute atomic E-state index is 0.626. The van der Waals surface area contributed by atoms with Crippen LogP contribution in [0.15, 0.2) is 24.3 Å². The van der Waals surface area contributed by atoms with Gasteiger partial charge in [-0.3, -0.25) is 0 Å². The smallest absolute Gasteiger partial charge is 0.119 e. The Labute approximate surface area is 98.0 Å². The normalized spacial score (nSPS) is 25.4. The van der Waals surface area contributed by atoms with Crippen LogP contribution >= 0.6 is 0 Å². The minimum atomic E-state index is 0.626. The largest absolute Gasteiger partial charge is 0.497 e. The SMILES string of the molecule is COc1cccc(CC2NCCCC2C)c1. The molecule has 2 unspecified atom stereocenters. The molecule has 2 nitrogen and oxygen atoms in total. The van der Waals surface area contributed by atoms with Gasteiger partial charge in [-0.1, -0.05) is 19.1 Å². The molecule has 2 atom stereocenters. The zero-order chi connectivity index (χ0) is 11.4. The molecular formula is C14H21NO. The Balaban J connectivity index is 2.01. The van der Waals surface area contributed by atoms with Crippen molar-refractivity contribution >= 4 is 0 Å². The van der Waals surface area contributed by atoms with Gasteiger partial charge in [0, 0.05) is 6.04 Å². The summed E-state index contributed by atoms with van der Waals surface area (Å²) in [5.74, 6) is 1.74. The Morgan fingerprint density at radius 3 is 3.06 bits per heavy atom. The van der Waals surface area contributed by atoms with E-state index in [2.05, 4.69) is 30.4 Å². The van der Waals surface area contributed by atoms with Crippen molar-refractivity contribution in [2.24, 2.45) is 5.92 Å². The number of ether oxygens (including phenoxy) is 1. The summed E-state index contributed by atoms with van der Waals surface area (Å²) in [6.45, 7) is 3.51. The predicted octanol–water partition coefficient (Wildman–Crippen LogP) is 2.63. The first kappa shape index (κ1) is 11.5. The van der Waals surface area contributed by atoms with Crippen LogP contribution in [0.3, 0.4) is 0 Å². The molecule has 0 bridgehead atoms. The number of methoxy groups -OCH3 is 1. The predicted molar refractivity (Wildman–Crippen MR) is 66.9 cm³/mol. The summed E-state index contributed by atoms with van der Waals surface area (Å²) in [5.41, 5.74) is 1.37. The van der Waals surface area contributed by atoms with Gasteiger partial charge in [-0.2, -0.15) is 0 Å². The first-order valence-electron chi connectivity index (χ1n) is 6.16. The van der Waals surface area contributed by atoms with Crippen LogP contribution in [0.5, 0.6) is 5.75 Å². The van der Waals surface area contributed by atoms with Crippen molar-refractivity contribution in [2.75, 3.05) is 13.7 Å². The summed E-state index contributed by atoms with van der Waals surface area (Å²) >= 11 is 0. The number of benzene rings is 1. The molecule has 1 saturated heterocycles. The number of hydrogen-bond acceptors (Lipinski definition) is 2. The van der Waals surface area contributed by atoms with Gasteiger partial charge < -0.3 is 10.1 Å². The molecule has 0 aliphatic carbocycles. The summed E-state index contributed by atoms with van der Waals surface area (Å²) in [5, 5.41) is 3.61. The van der Waals surface area contributed by atoms with E-state index in [0.29, 0.717) is 6.04 Å². The van der Waals surface area contributed by atoms with Gasteiger partial charge in [0.25, 0.3) is 0 Å². The Morgan fingerprint density at radius 1 is 1.44 bits per heavy atom. The maximum Gasteiger partial charge on any atom is 0.119 e. The topological polar surface area (TPSA) is 21.3 Å². The second-order valence-electron chi connectivity index (χ2n) is 4.74. The zero-order valence-corrected chi connectivity index (χ0v) is 10.2. The molecule has 0 radical (unpaired) electrons. The highest BCUT2D eigenvalue weighted by Crippen LogP contribution is 2.21. The van der Waals surface area contributed by atoms with Crippen LogP contribution in [-0.4, -0.2) is 19.7 Å². The van der Waals surface area contributed by atoms with Crippen molar-refractivity contribution in [3.8, 4) is 5.75 Å². The van der Waals surface area contributed by atoms with Crippen LogP contribution < -0.4 is 10.1 Å². The Hall–Kier alpha value is -1.02. The van der Waals surface area contributed by atoms with Crippen molar-refractivity contribution in [1.29, 1.82) is 0 Å². The highest BCUT2D eigenvalue weighted by molar-refractivity contribution is 5.29. The lowest BCUT2D eigenvalue weighted by Gasteiger charge is -2.30. The van der Waals surface area contributed by atoms with Gasteiger partial charge in [-0.05, 0) is 49.4 Å². The molecular weight excluding hydrogens is 198 g/mol. The van der Waals surface area contributed by atoms with Crippen molar-refractivity contribution in [3.05, 3.63) is 29.8 Å². The van der Waals surface area contributed by atoms with E-state index in [9.17, 15) is 0 Å². The van der Waals surface area contributed by atoms with Gasteiger partial charge >= 0.3 is 0 Å². The van der Waals surface area contributed by atoms with Crippen LogP contribution in [0.1, 0.15) is 25.3 Å². The van der Waals surface area contributed by atoms with Gasteiger partial charge in [0.15, 0.2) is 0 Å². The van der Waals surface area contributed by atoms with Crippen LogP contribution in [0, 0.1) is 5.92 Å². The first-order chi connectivity index (χ1) is 7.79. The number of piperidine rings is 1. The van der Waals surface area contributed by atoms with Crippen LogP contribution in [0.2, 0.25) is 0 Å². The third-order valence-corrected chi connectivity index (χ3v) is 3.52. The number of nitrogens with one attached hydrogen (secondary N) is 1. The molecule has 16 heavy (non-hydrogen) atoms. The van der Waals surface area contributed by atoms with Crippen LogP contribution in [0.4, 0.5) is 0 Å². The van der Waals surface area contributed by atoms with Gasteiger partial charge in [-0.25, -0.2) is 0 Å². The molecule has 1 aliphatic rings. The lowest BCUT2D eigenvalue weighted by atomic mass is 9.88. The van der Waals surface area contributed by atoms with Gasteiger partial charge in [-0.15, -0.1) is 0 Å². The minimum Gasteiger partial charge on any atom is -0.497 e. The van der Waals surface area contributed by atoms with E-state index >= 15 is 0 Å². The molecule has 0 spiro atoms. The standard InChI is InChI=1S/C14H21NO/c1-11-5-4-8-15-14(11)10-12-6-3-7-13(9-12)16-2/h3,6-7,9,11,14-15H,4-5,8,10H2,1-2H3. The summed E-state index contributed by atoms with van der Waals surface area (Å²) in [6.07, 6.45) is 3.77. The lowest BCUT2D eigenvalue weighted by Crippen LogP contribution is -2.41. The molecule has 0 amide bonds. The monoisotopic (exact) mass is 219 g/mol. The highest BCUT2D eigenvalue weighted by atomic mass is 16.5. The third kappa shape index (κ3) is 2.76. The highest BCUT2D eigenvalue weighted by Gasteiger charge is 2.20. The Morgan fingerprint density at radius 2 is 2.31 bits per heavy atom. The number of rotatable bonds is 3. The van der Waals surface area contributed by atoms with E-state index in [1.807, 2.05) is 6.07 Å². The molecule has 2 heteroatoms. The molecule has 2 rings (SSSR count). The van der Waals surface area contributed by atoms with Gasteiger partial charge in [0.05, 0.1) is 7.11 Å². The molecule has 88 valence electrons. The molecule has 1 aromatic rings. The molecule has 1 fully saturated rings. The van der Waals surface area contributed by atoms with E-state index in [1.54, 1.807) is 7.11 Å². The summed E-state index contributed by atoms with van der Waals surface area (Å²) < 4.78 is 5.25. The van der Waals surface area contributed by atoms with E-state index in [0.717, 1.165) is 18.1 Å². The second kappa shape index (κ2) is 5.35. The van der Waals surface area contributed by atoms with Crippen LogP contribution in [0.25, 0.3) is 0 Å². The van der Waals surface area contributed by atoms with Crippen molar-refractivity contribution in [1.82, 2.24) is 5.32 Å². The summed E-state index contributed by atoms with van der Waals surface area (Å²) in [4.78, 5) is 0. The zero-order valence-electron chi connectivity index (χ0n) is 10.2. The fraction of sp³-hybridized carbons (Fsp3) is 0.571. The van der Waals surface area contributed by atoms with Crippen molar-refractivity contribution < 1.29 is 4.74 Å². The van der Waals surface area contributed by atoms with E-state index in [-0.39, 0.29) is 0 Å². The van der Waals surface area contributed by atoms with Crippen molar-refractivity contribution in [3.63, 3.8) is 0 Å². The summed E-state index contributed by atoms with van der Waals surface area (Å²) in [6, 6.07) is 9.03. The summed E-state index contributed by atoms with van der Waals surface area (Å²) in [7, 11) is 1.72. The molecule has 1 aliphatic heterocycles. The Kier molecular flexibility index (Phi) is 3.83. The van der Waals surface area contributed by atoms with Gasteiger partial charge in [0.1, 0.15) is 5.75 Å². The first-order valence-corrected chi connectivity index (χ1v) is 6.16. The molecule has 1 N–H and O–H groups in total. The fourth-order valence-electron chi connectivity index (χ4n) is 2.44. The van der Waals surface area contributed by atoms with E-state index in [1.165, 1.54) is 24.9 Å². The van der Waals surface area contributed by atoms with Crippen LogP contribution in [-0.2, 0) is 6.42 Å². The molecule has 1 heterocycles. The number of hydrogen-bond donors (Lipinski definition) is 1. The maximum absolute atomic E-state index is 5.25. The third-order valence-electron chi connectivity index (χ3n) is 3.52. The quantitative estimate of drug-likeness (QED) is 0.843. The fourth-order valence-corrected chi connectivity index (χ4v) is 2.44. The lowest BCUT2D eigenvalue weighted by molar-refractivity contribution is 0.298. The Bertz CT molecular complexity index is 337. The molecule has 0 saturated carbocycles. The molecule has 1 aromatic carbocycles. The average molecular weight is 219 g/mol. The van der Waals surface area contributed by atoms with E-state index < -0.39 is 0 Å². The molecule has 0 aromatic heterocycles. The second-order valence-corrected chi connectivity index (χ2v) is 4.74. The van der Waals surface area contributed by atoms with Gasteiger partial charge in [0.2, 0.25) is 0 Å². The van der Waals surface area contributed by atoms with Crippen molar-refractivity contribution in [2.45, 2.75) is 32.2 Å². The average Bonchev–Trinajstić information content (AvgIpc) is 2.32.